The Kier molecular flexibility index (Phi) is 4.66. The molecule has 0 heterocycles. The van der Waals surface area contributed by atoms with Gasteiger partial charge < -0.3 is 20.6 Å². The molecule has 0 aromatic carbocycles. The van der Waals surface area contributed by atoms with Gasteiger partial charge in [-0.2, -0.15) is 0 Å². The van der Waals surface area contributed by atoms with E-state index in [0.717, 1.165) is 6.08 Å². The Morgan fingerprint density at radius 1 is 1.33 bits per heavy atom. The summed E-state index contributed by atoms with van der Waals surface area (Å²) in [6.07, 6.45) is -0.198. The first-order valence-corrected chi connectivity index (χ1v) is 3.07. The third-order valence-electron chi connectivity index (χ3n) is 0.836. The molecule has 12 heavy (non-hydrogen) atoms. The molecule has 0 aromatic rings. The first-order valence-electron chi connectivity index (χ1n) is 3.07. The summed E-state index contributed by atoms with van der Waals surface area (Å²) in [6.45, 7) is -0.331. The van der Waals surface area contributed by atoms with Crippen LogP contribution < -0.4 is 5.32 Å². The lowest BCUT2D eigenvalue weighted by Gasteiger charge is -2.02. The smallest absolute Gasteiger partial charge is 0.328 e. The topological polar surface area (TPSA) is 107 Å². The van der Waals surface area contributed by atoms with Gasteiger partial charge in [-0.15, -0.1) is 0 Å². The van der Waals surface area contributed by atoms with E-state index in [4.69, 9.17) is 15.3 Å². The summed E-state index contributed by atoms with van der Waals surface area (Å²) in [4.78, 5) is 20.4. The van der Waals surface area contributed by atoms with Gasteiger partial charge in [0, 0.05) is 12.2 Å². The molecule has 0 radical (unpaired) electrons. The van der Waals surface area contributed by atoms with Crippen molar-refractivity contribution < 1.29 is 24.9 Å². The number of carbonyl (C=O) groups is 2. The molecule has 0 atom stereocenters. The molecular formula is C6H9NO5. The number of carboxylic acids is 1. The predicted octanol–water partition coefficient (Wildman–Crippen LogP) is -1.95. The molecule has 0 fully saturated rings. The molecule has 1 amide bonds. The molecule has 4 N–H and O–H groups in total. The molecule has 6 nitrogen and oxygen atoms in total. The molecule has 0 aliphatic carbocycles. The lowest BCUT2D eigenvalue weighted by Crippen LogP contribution is -2.30. The molecule has 0 saturated carbocycles. The highest BCUT2D eigenvalue weighted by Crippen LogP contribution is 1.75. The van der Waals surface area contributed by atoms with E-state index < -0.39 is 18.2 Å². The van der Waals surface area contributed by atoms with Crippen molar-refractivity contribution in [3.8, 4) is 0 Å². The van der Waals surface area contributed by atoms with Crippen molar-refractivity contribution in [2.75, 3.05) is 6.54 Å². The number of aliphatic hydroxyl groups is 2. The molecular weight excluding hydrogens is 166 g/mol. The van der Waals surface area contributed by atoms with Gasteiger partial charge >= 0.3 is 5.97 Å². The molecule has 68 valence electrons. The maximum atomic E-state index is 10.6. The second-order valence-corrected chi connectivity index (χ2v) is 1.90. The van der Waals surface area contributed by atoms with Crippen LogP contribution in [0.15, 0.2) is 12.2 Å². The molecule has 0 spiro atoms. The maximum Gasteiger partial charge on any atom is 0.328 e. The predicted molar refractivity (Wildman–Crippen MR) is 38.0 cm³/mol. The molecule has 0 aromatic heterocycles. The third kappa shape index (κ3) is 6.72. The minimum atomic E-state index is -1.63. The third-order valence-corrected chi connectivity index (χ3v) is 0.836. The Labute approximate surface area is 68.1 Å². The number of amides is 1. The Hall–Kier alpha value is -1.40. The van der Waals surface area contributed by atoms with Gasteiger partial charge in [0.15, 0.2) is 6.29 Å². The SMILES string of the molecule is O=C(O)C=CC(=O)NCC(O)O. The number of aliphatic hydroxyl groups excluding tert-OH is 1. The van der Waals surface area contributed by atoms with Crippen LogP contribution in [0.1, 0.15) is 0 Å². The van der Waals surface area contributed by atoms with Crippen LogP contribution in [0.2, 0.25) is 0 Å². The molecule has 6 heteroatoms. The Balaban J connectivity index is 3.67. The van der Waals surface area contributed by atoms with Gasteiger partial charge in [-0.25, -0.2) is 4.79 Å². The zero-order valence-electron chi connectivity index (χ0n) is 6.10. The van der Waals surface area contributed by atoms with Crippen molar-refractivity contribution in [3.63, 3.8) is 0 Å². The maximum absolute atomic E-state index is 10.6. The highest BCUT2D eigenvalue weighted by atomic mass is 16.5. The van der Waals surface area contributed by atoms with E-state index in [1.54, 1.807) is 0 Å². The van der Waals surface area contributed by atoms with Gasteiger partial charge in [0.1, 0.15) is 0 Å². The van der Waals surface area contributed by atoms with Crippen LogP contribution in [0.25, 0.3) is 0 Å². The second-order valence-electron chi connectivity index (χ2n) is 1.90. The summed E-state index contributed by atoms with van der Waals surface area (Å²) >= 11 is 0. The van der Waals surface area contributed by atoms with E-state index in [-0.39, 0.29) is 6.54 Å². The van der Waals surface area contributed by atoms with Crippen LogP contribution in [0.5, 0.6) is 0 Å². The zero-order chi connectivity index (χ0) is 9.56. The summed E-state index contributed by atoms with van der Waals surface area (Å²) in [6, 6.07) is 0. The van der Waals surface area contributed by atoms with E-state index in [1.807, 2.05) is 5.32 Å². The summed E-state index contributed by atoms with van der Waals surface area (Å²) < 4.78 is 0. The summed E-state index contributed by atoms with van der Waals surface area (Å²) in [5.41, 5.74) is 0. The first-order chi connectivity index (χ1) is 5.52. The van der Waals surface area contributed by atoms with Crippen LogP contribution >= 0.6 is 0 Å². The number of aliphatic carboxylic acids is 1. The average Bonchev–Trinajstić information content (AvgIpc) is 1.96. The van der Waals surface area contributed by atoms with E-state index >= 15 is 0 Å². The van der Waals surface area contributed by atoms with Crippen LogP contribution in [-0.4, -0.2) is 40.0 Å². The number of carboxylic acid groups (broad SMARTS) is 1. The van der Waals surface area contributed by atoms with Crippen LogP contribution in [0, 0.1) is 0 Å². The van der Waals surface area contributed by atoms with Crippen molar-refractivity contribution in [2.24, 2.45) is 0 Å². The van der Waals surface area contributed by atoms with Crippen molar-refractivity contribution in [3.05, 3.63) is 12.2 Å². The van der Waals surface area contributed by atoms with E-state index in [2.05, 4.69) is 0 Å². The van der Waals surface area contributed by atoms with Gasteiger partial charge in [-0.1, -0.05) is 0 Å². The van der Waals surface area contributed by atoms with Gasteiger partial charge in [0.2, 0.25) is 5.91 Å². The molecule has 0 unspecified atom stereocenters. The molecule has 0 rings (SSSR count). The average molecular weight is 175 g/mol. The molecule has 0 aliphatic heterocycles. The molecule has 0 aliphatic rings. The minimum Gasteiger partial charge on any atom is -0.478 e. The molecule has 0 bridgehead atoms. The highest BCUT2D eigenvalue weighted by Gasteiger charge is 1.99. The van der Waals surface area contributed by atoms with Gasteiger partial charge in [0.05, 0.1) is 6.54 Å². The lowest BCUT2D eigenvalue weighted by molar-refractivity contribution is -0.131. The largest absolute Gasteiger partial charge is 0.478 e. The quantitative estimate of drug-likeness (QED) is 0.293. The number of nitrogens with one attached hydrogen (secondary N) is 1. The fourth-order valence-corrected chi connectivity index (χ4v) is 0.398. The van der Waals surface area contributed by atoms with Crippen LogP contribution in [0.4, 0.5) is 0 Å². The second kappa shape index (κ2) is 5.28. The summed E-state index contributed by atoms with van der Waals surface area (Å²) in [7, 11) is 0. The van der Waals surface area contributed by atoms with E-state index in [1.165, 1.54) is 0 Å². The Bertz CT molecular complexity index is 198. The fourth-order valence-electron chi connectivity index (χ4n) is 0.398. The lowest BCUT2D eigenvalue weighted by atomic mass is 10.4. The Morgan fingerprint density at radius 3 is 2.33 bits per heavy atom. The standard InChI is InChI=1S/C6H9NO5/c8-4(1-2-5(9)10)7-3-6(11)12/h1-2,6,11-12H,3H2,(H,7,8)(H,9,10). The van der Waals surface area contributed by atoms with Crippen molar-refractivity contribution >= 4 is 11.9 Å². The summed E-state index contributed by atoms with van der Waals surface area (Å²) in [5.74, 6) is -1.93. The Morgan fingerprint density at radius 2 is 1.92 bits per heavy atom. The number of carbonyl (C=O) groups excluding carboxylic acids is 1. The number of hydrogen-bond donors (Lipinski definition) is 4. The summed E-state index contributed by atoms with van der Waals surface area (Å²) in [5, 5.41) is 26.7. The van der Waals surface area contributed by atoms with Gasteiger partial charge in [0.25, 0.3) is 0 Å². The zero-order valence-corrected chi connectivity index (χ0v) is 6.10. The molecule has 0 saturated heterocycles. The first kappa shape index (κ1) is 10.6. The number of rotatable bonds is 4. The van der Waals surface area contributed by atoms with Crippen molar-refractivity contribution in [1.82, 2.24) is 5.32 Å². The van der Waals surface area contributed by atoms with Crippen molar-refractivity contribution in [1.29, 1.82) is 0 Å². The van der Waals surface area contributed by atoms with Gasteiger partial charge in [-0.05, 0) is 0 Å². The van der Waals surface area contributed by atoms with E-state index in [9.17, 15) is 9.59 Å². The van der Waals surface area contributed by atoms with Crippen molar-refractivity contribution in [2.45, 2.75) is 6.29 Å². The van der Waals surface area contributed by atoms with E-state index in [0.29, 0.717) is 6.08 Å². The fraction of sp³-hybridized carbons (Fsp3) is 0.333. The van der Waals surface area contributed by atoms with Gasteiger partial charge in [-0.3, -0.25) is 4.79 Å². The monoisotopic (exact) mass is 175 g/mol. The van der Waals surface area contributed by atoms with Crippen LogP contribution in [0.3, 0.4) is 0 Å². The highest BCUT2D eigenvalue weighted by molar-refractivity contribution is 5.93. The number of hydrogen-bond acceptors (Lipinski definition) is 4. The minimum absolute atomic E-state index is 0.331. The van der Waals surface area contributed by atoms with Crippen LogP contribution in [-0.2, 0) is 9.59 Å². The normalized spacial score (nSPS) is 10.6.